The van der Waals surface area contributed by atoms with Crippen molar-refractivity contribution in [3.05, 3.63) is 11.8 Å². The quantitative estimate of drug-likeness (QED) is 0.271. The lowest BCUT2D eigenvalue weighted by atomic mass is 10.4. The molecule has 0 aliphatic carbocycles. The minimum atomic E-state index is -0.419. The molecule has 0 aliphatic heterocycles. The van der Waals surface area contributed by atoms with Gasteiger partial charge >= 0.3 is 5.97 Å². The third-order valence-electron chi connectivity index (χ3n) is 1.29. The molecule has 0 N–H and O–H groups in total. The zero-order valence-electron chi connectivity index (χ0n) is 7.50. The van der Waals surface area contributed by atoms with Gasteiger partial charge in [-0.3, -0.25) is 4.90 Å². The summed E-state index contributed by atoms with van der Waals surface area (Å²) in [5.74, 6) is -0.419. The Morgan fingerprint density at radius 1 is 1.75 bits per heavy atom. The van der Waals surface area contributed by atoms with Gasteiger partial charge in [0.1, 0.15) is 0 Å². The second-order valence-electron chi connectivity index (χ2n) is 2.20. The molecule has 0 saturated heterocycles. The Kier molecular flexibility index (Phi) is 4.54. The number of nitriles is 1. The summed E-state index contributed by atoms with van der Waals surface area (Å²) in [5.41, 5.74) is 0.566. The summed E-state index contributed by atoms with van der Waals surface area (Å²) in [6.45, 7) is 3.74. The lowest BCUT2D eigenvalue weighted by Gasteiger charge is -2.07. The van der Waals surface area contributed by atoms with Crippen molar-refractivity contribution in [3.8, 4) is 6.19 Å². The maximum Gasteiger partial charge on any atom is 0.332 e. The largest absolute Gasteiger partial charge is 0.463 e. The lowest BCUT2D eigenvalue weighted by Crippen LogP contribution is -2.10. The molecule has 0 unspecified atom stereocenters. The van der Waals surface area contributed by atoms with E-state index in [0.717, 1.165) is 0 Å². The maximum absolute atomic E-state index is 10.8. The van der Waals surface area contributed by atoms with Crippen LogP contribution in [0, 0.1) is 11.5 Å². The topological polar surface area (TPSA) is 53.3 Å². The average molecular weight is 168 g/mol. The molecule has 4 heteroatoms. The highest BCUT2D eigenvalue weighted by molar-refractivity contribution is 5.82. The van der Waals surface area contributed by atoms with E-state index < -0.39 is 5.97 Å². The van der Waals surface area contributed by atoms with E-state index in [1.807, 2.05) is 6.19 Å². The van der Waals surface area contributed by atoms with Gasteiger partial charge in [-0.25, -0.2) is 4.79 Å². The van der Waals surface area contributed by atoms with E-state index in [2.05, 4.69) is 4.74 Å². The van der Waals surface area contributed by atoms with Crippen molar-refractivity contribution in [2.24, 2.45) is 0 Å². The van der Waals surface area contributed by atoms with Crippen molar-refractivity contribution in [1.29, 1.82) is 5.26 Å². The Labute approximate surface area is 72.0 Å². The van der Waals surface area contributed by atoms with Crippen molar-refractivity contribution in [3.63, 3.8) is 0 Å². The van der Waals surface area contributed by atoms with Gasteiger partial charge in [-0.15, -0.1) is 0 Å². The van der Waals surface area contributed by atoms with Crippen molar-refractivity contribution < 1.29 is 9.53 Å². The molecular weight excluding hydrogens is 156 g/mol. The number of esters is 1. The molecule has 0 spiro atoms. The highest BCUT2D eigenvalue weighted by atomic mass is 16.5. The highest BCUT2D eigenvalue weighted by Gasteiger charge is 2.00. The van der Waals surface area contributed by atoms with Crippen molar-refractivity contribution in [1.82, 2.24) is 4.90 Å². The Balaban J connectivity index is 4.17. The minimum Gasteiger partial charge on any atom is -0.463 e. The van der Waals surface area contributed by atoms with E-state index in [9.17, 15) is 4.79 Å². The molecule has 0 saturated carbocycles. The van der Waals surface area contributed by atoms with Crippen LogP contribution in [0.2, 0.25) is 0 Å². The van der Waals surface area contributed by atoms with Crippen LogP contribution in [0.5, 0.6) is 0 Å². The van der Waals surface area contributed by atoms with Gasteiger partial charge < -0.3 is 4.74 Å². The van der Waals surface area contributed by atoms with Crippen LogP contribution in [0.1, 0.15) is 13.8 Å². The van der Waals surface area contributed by atoms with Crippen LogP contribution in [0.3, 0.4) is 0 Å². The first-order valence-corrected chi connectivity index (χ1v) is 3.60. The number of hydrogen-bond donors (Lipinski definition) is 0. The second-order valence-corrected chi connectivity index (χ2v) is 2.20. The van der Waals surface area contributed by atoms with Crippen LogP contribution in [0.15, 0.2) is 11.8 Å². The molecule has 0 amide bonds. The predicted octanol–water partition coefficient (Wildman–Crippen LogP) is 0.866. The van der Waals surface area contributed by atoms with Crippen LogP contribution < -0.4 is 0 Å². The van der Waals surface area contributed by atoms with E-state index in [1.165, 1.54) is 11.0 Å². The SMILES string of the molecule is CCOC(=O)C=C(C)N(C)C#N. The highest BCUT2D eigenvalue weighted by Crippen LogP contribution is 1.97. The van der Waals surface area contributed by atoms with Gasteiger partial charge in [0.2, 0.25) is 0 Å². The second kappa shape index (κ2) is 5.19. The van der Waals surface area contributed by atoms with Crippen molar-refractivity contribution in [2.75, 3.05) is 13.7 Å². The molecule has 66 valence electrons. The van der Waals surface area contributed by atoms with E-state index in [4.69, 9.17) is 5.26 Å². The normalized spacial score (nSPS) is 10.3. The van der Waals surface area contributed by atoms with E-state index in [1.54, 1.807) is 20.9 Å². The molecule has 0 aromatic rings. The standard InChI is InChI=1S/C8H12N2O2/c1-4-12-8(11)5-7(2)10(3)6-9/h5H,4H2,1-3H3. The summed E-state index contributed by atoms with van der Waals surface area (Å²) in [6, 6.07) is 0. The molecule has 0 atom stereocenters. The summed E-state index contributed by atoms with van der Waals surface area (Å²) >= 11 is 0. The van der Waals surface area contributed by atoms with Crippen LogP contribution in [-0.2, 0) is 9.53 Å². The minimum absolute atomic E-state index is 0.346. The lowest BCUT2D eigenvalue weighted by molar-refractivity contribution is -0.137. The van der Waals surface area contributed by atoms with Gasteiger partial charge in [-0.05, 0) is 13.8 Å². The van der Waals surface area contributed by atoms with Crippen molar-refractivity contribution in [2.45, 2.75) is 13.8 Å². The first kappa shape index (κ1) is 10.5. The van der Waals surface area contributed by atoms with Crippen LogP contribution in [0.4, 0.5) is 0 Å². The fourth-order valence-corrected chi connectivity index (χ4v) is 0.530. The number of nitrogens with zero attached hydrogens (tertiary/aromatic N) is 2. The van der Waals surface area contributed by atoms with Gasteiger partial charge in [0.25, 0.3) is 0 Å². The summed E-state index contributed by atoms with van der Waals surface area (Å²) in [5, 5.41) is 8.43. The number of allylic oxidation sites excluding steroid dienone is 1. The first-order chi connectivity index (χ1) is 5.61. The number of hydrogen-bond acceptors (Lipinski definition) is 4. The molecule has 0 fully saturated rings. The predicted molar refractivity (Wildman–Crippen MR) is 43.8 cm³/mol. The van der Waals surface area contributed by atoms with Gasteiger partial charge in [-0.1, -0.05) is 0 Å². The third-order valence-corrected chi connectivity index (χ3v) is 1.29. The Morgan fingerprint density at radius 2 is 2.33 bits per heavy atom. The van der Waals surface area contributed by atoms with E-state index in [-0.39, 0.29) is 0 Å². The maximum atomic E-state index is 10.8. The molecule has 12 heavy (non-hydrogen) atoms. The monoisotopic (exact) mass is 168 g/mol. The number of carbonyl (C=O) groups is 1. The summed E-state index contributed by atoms with van der Waals surface area (Å²) < 4.78 is 4.66. The van der Waals surface area contributed by atoms with E-state index >= 15 is 0 Å². The Morgan fingerprint density at radius 3 is 2.75 bits per heavy atom. The van der Waals surface area contributed by atoms with Gasteiger partial charge in [0, 0.05) is 18.8 Å². The van der Waals surface area contributed by atoms with E-state index in [0.29, 0.717) is 12.3 Å². The molecule has 0 aliphatic rings. The molecule has 0 bridgehead atoms. The smallest absolute Gasteiger partial charge is 0.332 e. The van der Waals surface area contributed by atoms with Gasteiger partial charge in [-0.2, -0.15) is 5.26 Å². The first-order valence-electron chi connectivity index (χ1n) is 3.60. The summed E-state index contributed by atoms with van der Waals surface area (Å²) in [4.78, 5) is 12.1. The van der Waals surface area contributed by atoms with Gasteiger partial charge in [0.15, 0.2) is 6.19 Å². The average Bonchev–Trinajstić information content (AvgIpc) is 2.03. The summed E-state index contributed by atoms with van der Waals surface area (Å²) in [6.07, 6.45) is 3.15. The zero-order valence-corrected chi connectivity index (χ0v) is 7.50. The Hall–Kier alpha value is -1.50. The molecule has 0 rings (SSSR count). The molecule has 4 nitrogen and oxygen atoms in total. The third kappa shape index (κ3) is 3.62. The number of carbonyl (C=O) groups excluding carboxylic acids is 1. The van der Waals surface area contributed by atoms with Crippen LogP contribution in [-0.4, -0.2) is 24.5 Å². The molecule has 0 aromatic carbocycles. The molecular formula is C8H12N2O2. The molecule has 0 heterocycles. The van der Waals surface area contributed by atoms with Gasteiger partial charge in [0.05, 0.1) is 6.61 Å². The number of ether oxygens (including phenoxy) is 1. The zero-order chi connectivity index (χ0) is 9.56. The van der Waals surface area contributed by atoms with Crippen molar-refractivity contribution >= 4 is 5.97 Å². The molecule has 0 radical (unpaired) electrons. The van der Waals surface area contributed by atoms with Crippen LogP contribution >= 0.6 is 0 Å². The molecule has 0 aromatic heterocycles. The summed E-state index contributed by atoms with van der Waals surface area (Å²) in [7, 11) is 1.57. The van der Waals surface area contributed by atoms with Crippen LogP contribution in [0.25, 0.3) is 0 Å². The fourth-order valence-electron chi connectivity index (χ4n) is 0.530. The number of rotatable bonds is 3. The Bertz CT molecular complexity index is 228. The fraction of sp³-hybridized carbons (Fsp3) is 0.500.